The maximum absolute atomic E-state index is 6.65. The van der Waals surface area contributed by atoms with Gasteiger partial charge < -0.3 is 4.74 Å². The maximum atomic E-state index is 6.65. The van der Waals surface area contributed by atoms with Crippen molar-refractivity contribution in [2.45, 2.75) is 98.8 Å². The average Bonchev–Trinajstić information content (AvgIpc) is 3.66. The summed E-state index contributed by atoms with van der Waals surface area (Å²) in [7, 11) is 0. The fourth-order valence-corrected chi connectivity index (χ4v) is 7.25. The van der Waals surface area contributed by atoms with Crippen LogP contribution < -0.4 is 4.74 Å². The monoisotopic (exact) mass is 688 g/mol. The third-order valence-electron chi connectivity index (χ3n) is 10.3. The molecule has 3 aromatic heterocycles. The highest BCUT2D eigenvalue weighted by Gasteiger charge is 2.25. The number of benzene rings is 4. The van der Waals surface area contributed by atoms with Crippen LogP contribution in [0.25, 0.3) is 44.4 Å². The van der Waals surface area contributed by atoms with Gasteiger partial charge in [0, 0.05) is 34.7 Å². The molecule has 0 fully saturated rings. The number of nitrogens with zero attached hydrogens (tertiary/aromatic N) is 4. The Morgan fingerprint density at radius 2 is 1.37 bits per heavy atom. The Morgan fingerprint density at radius 3 is 2.04 bits per heavy atom. The van der Waals surface area contributed by atoms with Crippen molar-refractivity contribution in [3.8, 4) is 34.1 Å². The molecule has 266 valence electrons. The molecule has 52 heavy (non-hydrogen) atoms. The molecule has 0 aliphatic rings. The first-order valence-corrected chi connectivity index (χ1v) is 18.8. The van der Waals surface area contributed by atoms with Crippen molar-refractivity contribution >= 4 is 21.8 Å². The molecule has 0 aliphatic carbocycles. The predicted octanol–water partition coefficient (Wildman–Crippen LogP) is 12.7. The lowest BCUT2D eigenvalue weighted by atomic mass is 9.78. The highest BCUT2D eigenvalue weighted by Crippen LogP contribution is 2.39. The van der Waals surface area contributed by atoms with Gasteiger partial charge in [-0.3, -0.25) is 4.57 Å². The van der Waals surface area contributed by atoms with Crippen LogP contribution in [0.1, 0.15) is 103 Å². The summed E-state index contributed by atoms with van der Waals surface area (Å²) in [6.45, 7) is 22.7. The lowest BCUT2D eigenvalue weighted by molar-refractivity contribution is 0.482. The van der Waals surface area contributed by atoms with Crippen molar-refractivity contribution in [3.63, 3.8) is 0 Å². The number of hydrogen-bond donors (Lipinski definition) is 0. The predicted molar refractivity (Wildman–Crippen MR) is 218 cm³/mol. The summed E-state index contributed by atoms with van der Waals surface area (Å²) in [4.78, 5) is 4.82. The zero-order chi connectivity index (χ0) is 36.9. The van der Waals surface area contributed by atoms with Gasteiger partial charge in [-0.2, -0.15) is 5.10 Å². The first kappa shape index (κ1) is 35.3. The Morgan fingerprint density at radius 1 is 0.673 bits per heavy atom. The van der Waals surface area contributed by atoms with Crippen molar-refractivity contribution in [2.24, 2.45) is 0 Å². The second kappa shape index (κ2) is 13.4. The smallest absolute Gasteiger partial charge is 0.137 e. The molecule has 4 aromatic carbocycles. The standard InChI is InChI=1S/C47H52N4O/c1-11-40-45(32-24-33(46(5,6)7)27-34(25-32)47(8,9)10)41(12-2)51(49-40)35-16-15-17-36(28-35)52-37-20-21-39-38-18-13-14-19-42(38)50(43(39)29-37)44-26-31(30(3)4)22-23-48-44/h13-30H,11-12H2,1-10H3. The van der Waals surface area contributed by atoms with Crippen LogP contribution in [0.5, 0.6) is 11.5 Å². The van der Waals surface area contributed by atoms with E-state index in [0.29, 0.717) is 5.92 Å². The van der Waals surface area contributed by atoms with Gasteiger partial charge in [0.2, 0.25) is 0 Å². The lowest BCUT2D eigenvalue weighted by Gasteiger charge is -2.26. The van der Waals surface area contributed by atoms with Gasteiger partial charge >= 0.3 is 0 Å². The number of pyridine rings is 1. The third kappa shape index (κ3) is 6.53. The van der Waals surface area contributed by atoms with E-state index in [1.807, 2.05) is 12.3 Å². The van der Waals surface area contributed by atoms with Crippen LogP contribution in [0.3, 0.4) is 0 Å². The van der Waals surface area contributed by atoms with Crippen LogP contribution >= 0.6 is 0 Å². The van der Waals surface area contributed by atoms with E-state index >= 15 is 0 Å². The van der Waals surface area contributed by atoms with E-state index in [4.69, 9.17) is 14.8 Å². The van der Waals surface area contributed by atoms with Crippen molar-refractivity contribution < 1.29 is 4.74 Å². The van der Waals surface area contributed by atoms with E-state index in [9.17, 15) is 0 Å². The summed E-state index contributed by atoms with van der Waals surface area (Å²) in [5.41, 5.74) is 12.0. The first-order valence-electron chi connectivity index (χ1n) is 18.8. The summed E-state index contributed by atoms with van der Waals surface area (Å²) in [5.74, 6) is 2.85. The van der Waals surface area contributed by atoms with Gasteiger partial charge in [-0.15, -0.1) is 0 Å². The van der Waals surface area contributed by atoms with Crippen LogP contribution in [0.4, 0.5) is 0 Å². The highest BCUT2D eigenvalue weighted by molar-refractivity contribution is 6.09. The van der Waals surface area contributed by atoms with E-state index < -0.39 is 0 Å². The number of hydrogen-bond acceptors (Lipinski definition) is 3. The summed E-state index contributed by atoms with van der Waals surface area (Å²) < 4.78 is 11.0. The van der Waals surface area contributed by atoms with E-state index in [1.165, 1.54) is 44.3 Å². The van der Waals surface area contributed by atoms with Crippen LogP contribution in [-0.2, 0) is 23.7 Å². The van der Waals surface area contributed by atoms with E-state index in [2.05, 4.69) is 169 Å². The number of ether oxygens (including phenoxy) is 1. The minimum Gasteiger partial charge on any atom is -0.457 e. The number of aryl methyl sites for hydroxylation is 1. The molecule has 7 aromatic rings. The van der Waals surface area contributed by atoms with Gasteiger partial charge in [-0.1, -0.05) is 112 Å². The second-order valence-corrected chi connectivity index (χ2v) is 16.4. The van der Waals surface area contributed by atoms with Crippen molar-refractivity contribution in [2.75, 3.05) is 0 Å². The maximum Gasteiger partial charge on any atom is 0.137 e. The molecule has 5 nitrogen and oxygen atoms in total. The van der Waals surface area contributed by atoms with E-state index in [-0.39, 0.29) is 10.8 Å². The molecule has 0 radical (unpaired) electrons. The molecule has 0 saturated heterocycles. The molecule has 0 amide bonds. The normalized spacial score (nSPS) is 12.4. The molecular weight excluding hydrogens is 637 g/mol. The Balaban J connectivity index is 1.30. The zero-order valence-corrected chi connectivity index (χ0v) is 32.5. The lowest BCUT2D eigenvalue weighted by Crippen LogP contribution is -2.16. The summed E-state index contributed by atoms with van der Waals surface area (Å²) in [5, 5.41) is 7.62. The van der Waals surface area contributed by atoms with Gasteiger partial charge in [-0.25, -0.2) is 9.67 Å². The number of fused-ring (bicyclic) bond motifs is 3. The van der Waals surface area contributed by atoms with Gasteiger partial charge in [0.05, 0.1) is 28.1 Å². The van der Waals surface area contributed by atoms with E-state index in [0.717, 1.165) is 52.6 Å². The fraction of sp³-hybridized carbons (Fsp3) is 0.319. The van der Waals surface area contributed by atoms with E-state index in [1.54, 1.807) is 0 Å². The SMILES string of the molecule is CCc1nn(-c2cccc(Oc3ccc4c5ccccc5n(-c5cc(C(C)C)ccn5)c4c3)c2)c(CC)c1-c1cc(C(C)(C)C)cc(C(C)(C)C)c1. The molecule has 0 aliphatic heterocycles. The van der Waals surface area contributed by atoms with Gasteiger partial charge in [0.1, 0.15) is 17.3 Å². The van der Waals surface area contributed by atoms with Crippen LogP contribution in [-0.4, -0.2) is 19.3 Å². The summed E-state index contributed by atoms with van der Waals surface area (Å²) in [6, 6.07) is 34.7. The fourth-order valence-electron chi connectivity index (χ4n) is 7.25. The molecule has 3 heterocycles. The number of para-hydroxylation sites is 1. The minimum atomic E-state index is 0.0302. The molecule has 7 rings (SSSR count). The zero-order valence-electron chi connectivity index (χ0n) is 32.5. The molecule has 5 heteroatoms. The third-order valence-corrected chi connectivity index (χ3v) is 10.3. The number of aromatic nitrogens is 4. The quantitative estimate of drug-likeness (QED) is 0.160. The molecular formula is C47H52N4O. The van der Waals surface area contributed by atoms with Crippen LogP contribution in [0.2, 0.25) is 0 Å². The second-order valence-electron chi connectivity index (χ2n) is 16.4. The average molecular weight is 689 g/mol. The van der Waals surface area contributed by atoms with Crippen molar-refractivity contribution in [1.29, 1.82) is 0 Å². The Labute approximate surface area is 309 Å². The van der Waals surface area contributed by atoms with Crippen molar-refractivity contribution in [1.82, 2.24) is 19.3 Å². The first-order chi connectivity index (χ1) is 24.8. The minimum absolute atomic E-state index is 0.0302. The molecule has 0 bridgehead atoms. The topological polar surface area (TPSA) is 44.9 Å². The molecule has 0 spiro atoms. The summed E-state index contributed by atoms with van der Waals surface area (Å²) >= 11 is 0. The molecule has 0 atom stereocenters. The Kier molecular flexibility index (Phi) is 9.10. The highest BCUT2D eigenvalue weighted by atomic mass is 16.5. The van der Waals surface area contributed by atoms with Gasteiger partial charge in [-0.05, 0) is 94.3 Å². The number of rotatable bonds is 8. The van der Waals surface area contributed by atoms with Crippen LogP contribution in [0.15, 0.2) is 103 Å². The van der Waals surface area contributed by atoms with Gasteiger partial charge in [0.25, 0.3) is 0 Å². The molecule has 0 unspecified atom stereocenters. The Hall–Kier alpha value is -5.16. The largest absolute Gasteiger partial charge is 0.457 e. The molecule has 0 N–H and O–H groups in total. The van der Waals surface area contributed by atoms with Crippen molar-refractivity contribution in [3.05, 3.63) is 131 Å². The summed E-state index contributed by atoms with van der Waals surface area (Å²) in [6.07, 6.45) is 3.61. The molecule has 0 saturated carbocycles. The van der Waals surface area contributed by atoms with Crippen LogP contribution in [0, 0.1) is 0 Å². The Bertz CT molecular complexity index is 2380. The van der Waals surface area contributed by atoms with Gasteiger partial charge in [0.15, 0.2) is 0 Å².